The van der Waals surface area contributed by atoms with E-state index in [1.807, 2.05) is 0 Å². The van der Waals surface area contributed by atoms with Gasteiger partial charge in [0.25, 0.3) is 15.9 Å². The van der Waals surface area contributed by atoms with Crippen molar-refractivity contribution in [2.45, 2.75) is 17.9 Å². The smallest absolute Gasteiger partial charge is 0.281 e. The van der Waals surface area contributed by atoms with Gasteiger partial charge < -0.3 is 4.90 Å². The molecule has 0 unspecified atom stereocenters. The number of likely N-dealkylation sites (tertiary alicyclic amines) is 1. The predicted octanol–water partition coefficient (Wildman–Crippen LogP) is 0.916. The summed E-state index contributed by atoms with van der Waals surface area (Å²) in [7, 11) is -2.57. The zero-order valence-corrected chi connectivity index (χ0v) is 15.4. The van der Waals surface area contributed by atoms with Crippen molar-refractivity contribution in [1.82, 2.24) is 19.4 Å². The summed E-state index contributed by atoms with van der Waals surface area (Å²) >= 11 is 0. The maximum Gasteiger partial charge on any atom is 0.281 e. The number of hydrogen-bond donors (Lipinski definition) is 1. The molecule has 0 aliphatic carbocycles. The molecular weight excluding hydrogens is 375 g/mol. The topological polar surface area (TPSA) is 101 Å². The molecule has 1 saturated heterocycles. The van der Waals surface area contributed by atoms with Crippen LogP contribution in [0.25, 0.3) is 0 Å². The molecule has 1 N–H and O–H groups in total. The van der Waals surface area contributed by atoms with E-state index in [1.165, 1.54) is 48.5 Å². The lowest BCUT2D eigenvalue weighted by Crippen LogP contribution is -2.46. The minimum Gasteiger partial charge on any atom is -0.338 e. The highest BCUT2D eigenvalue weighted by molar-refractivity contribution is 7.90. The molecule has 1 aliphatic rings. The van der Waals surface area contributed by atoms with Crippen molar-refractivity contribution in [3.8, 4) is 0 Å². The van der Waals surface area contributed by atoms with Gasteiger partial charge in [-0.1, -0.05) is 0 Å². The van der Waals surface area contributed by atoms with Crippen molar-refractivity contribution >= 4 is 21.8 Å². The Kier molecular flexibility index (Phi) is 5.26. The largest absolute Gasteiger partial charge is 0.338 e. The summed E-state index contributed by atoms with van der Waals surface area (Å²) in [5.41, 5.74) is 0.319. The average molecular weight is 394 g/mol. The van der Waals surface area contributed by atoms with Crippen LogP contribution in [0.15, 0.2) is 41.6 Å². The fourth-order valence-corrected chi connectivity index (χ4v) is 4.22. The van der Waals surface area contributed by atoms with E-state index < -0.39 is 27.7 Å². The molecule has 10 heteroatoms. The van der Waals surface area contributed by atoms with Crippen LogP contribution >= 0.6 is 0 Å². The zero-order valence-electron chi connectivity index (χ0n) is 14.6. The third kappa shape index (κ3) is 4.16. The number of halogens is 1. The number of nitrogens with one attached hydrogen (secondary N) is 1. The van der Waals surface area contributed by atoms with Gasteiger partial charge >= 0.3 is 0 Å². The molecule has 1 aliphatic heterocycles. The lowest BCUT2D eigenvalue weighted by atomic mass is 9.97. The number of nitrogens with zero attached hydrogens (tertiary/aromatic N) is 3. The summed E-state index contributed by atoms with van der Waals surface area (Å²) in [5.74, 6) is -2.07. The second-order valence-corrected chi connectivity index (χ2v) is 7.99. The Morgan fingerprint density at radius 3 is 2.56 bits per heavy atom. The average Bonchev–Trinajstić information content (AvgIpc) is 3.08. The number of rotatable bonds is 4. The summed E-state index contributed by atoms with van der Waals surface area (Å²) in [6.07, 6.45) is 2.36. The second kappa shape index (κ2) is 7.47. The van der Waals surface area contributed by atoms with Gasteiger partial charge in [0.1, 0.15) is 5.82 Å². The molecule has 0 saturated carbocycles. The first kappa shape index (κ1) is 19.0. The van der Waals surface area contributed by atoms with E-state index in [1.54, 1.807) is 0 Å². The number of carbonyl (C=O) groups excluding carboxylic acids is 2. The second-order valence-electron chi connectivity index (χ2n) is 6.36. The first-order valence-electron chi connectivity index (χ1n) is 8.37. The SMILES string of the molecule is Cn1nccc1S(=O)(=O)NC(=O)[C@H]1CCCN(C(=O)c2ccc(F)cc2)C1. The van der Waals surface area contributed by atoms with Crippen LogP contribution < -0.4 is 4.72 Å². The van der Waals surface area contributed by atoms with Crippen molar-refractivity contribution < 1.29 is 22.4 Å². The van der Waals surface area contributed by atoms with Gasteiger partial charge in [-0.2, -0.15) is 13.5 Å². The van der Waals surface area contributed by atoms with Gasteiger partial charge in [0.2, 0.25) is 5.91 Å². The van der Waals surface area contributed by atoms with Crippen molar-refractivity contribution in [2.75, 3.05) is 13.1 Å². The maximum atomic E-state index is 13.0. The standard InChI is InChI=1S/C17H19FN4O4S/c1-21-15(8-9-19-21)27(25,26)20-16(23)13-3-2-10-22(11-13)17(24)12-4-6-14(18)7-5-12/h4-9,13H,2-3,10-11H2,1H3,(H,20,23)/t13-/m0/s1. The lowest BCUT2D eigenvalue weighted by molar-refractivity contribution is -0.124. The van der Waals surface area contributed by atoms with Crippen LogP contribution in [0.5, 0.6) is 0 Å². The molecule has 2 amide bonds. The summed E-state index contributed by atoms with van der Waals surface area (Å²) in [5, 5.41) is 3.66. The number of benzene rings is 1. The number of piperidine rings is 1. The predicted molar refractivity (Wildman–Crippen MR) is 93.6 cm³/mol. The van der Waals surface area contributed by atoms with E-state index in [0.29, 0.717) is 24.9 Å². The van der Waals surface area contributed by atoms with E-state index in [-0.39, 0.29) is 17.5 Å². The van der Waals surface area contributed by atoms with E-state index in [0.717, 1.165) is 4.68 Å². The number of hydrogen-bond acceptors (Lipinski definition) is 5. The number of carbonyl (C=O) groups is 2. The van der Waals surface area contributed by atoms with Gasteiger partial charge in [0.05, 0.1) is 12.1 Å². The zero-order chi connectivity index (χ0) is 19.6. The first-order valence-corrected chi connectivity index (χ1v) is 9.86. The molecule has 0 radical (unpaired) electrons. The third-order valence-corrected chi connectivity index (χ3v) is 5.88. The van der Waals surface area contributed by atoms with E-state index in [9.17, 15) is 22.4 Å². The molecule has 1 aromatic heterocycles. The fraction of sp³-hybridized carbons (Fsp3) is 0.353. The van der Waals surface area contributed by atoms with Crippen molar-refractivity contribution in [2.24, 2.45) is 13.0 Å². The Hall–Kier alpha value is -2.75. The molecule has 3 rings (SSSR count). The molecular formula is C17H19FN4O4S. The fourth-order valence-electron chi connectivity index (χ4n) is 3.04. The highest BCUT2D eigenvalue weighted by atomic mass is 32.2. The van der Waals surface area contributed by atoms with Crippen LogP contribution in [-0.2, 0) is 21.9 Å². The van der Waals surface area contributed by atoms with Crippen LogP contribution in [0, 0.1) is 11.7 Å². The Balaban J connectivity index is 1.68. The van der Waals surface area contributed by atoms with Gasteiger partial charge in [-0.15, -0.1) is 0 Å². The summed E-state index contributed by atoms with van der Waals surface area (Å²) in [6, 6.07) is 6.45. The number of amides is 2. The molecule has 2 aromatic rings. The Morgan fingerprint density at radius 1 is 1.22 bits per heavy atom. The molecule has 0 bridgehead atoms. The van der Waals surface area contributed by atoms with Crippen LogP contribution in [-0.4, -0.2) is 48.0 Å². The maximum absolute atomic E-state index is 13.0. The van der Waals surface area contributed by atoms with Gasteiger partial charge in [0.15, 0.2) is 5.03 Å². The third-order valence-electron chi connectivity index (χ3n) is 4.46. The van der Waals surface area contributed by atoms with Gasteiger partial charge in [-0.25, -0.2) is 9.11 Å². The number of sulfonamides is 1. The molecule has 8 nitrogen and oxygen atoms in total. The van der Waals surface area contributed by atoms with Crippen LogP contribution in [0.4, 0.5) is 4.39 Å². The molecule has 1 atom stereocenters. The summed E-state index contributed by atoms with van der Waals surface area (Å²) in [6.45, 7) is 0.553. The Bertz CT molecular complexity index is 956. The van der Waals surface area contributed by atoms with Gasteiger partial charge in [0, 0.05) is 25.7 Å². The molecule has 2 heterocycles. The number of aryl methyl sites for hydroxylation is 1. The molecule has 27 heavy (non-hydrogen) atoms. The first-order chi connectivity index (χ1) is 12.8. The van der Waals surface area contributed by atoms with E-state index in [2.05, 4.69) is 9.82 Å². The van der Waals surface area contributed by atoms with Crippen molar-refractivity contribution in [3.63, 3.8) is 0 Å². The molecule has 1 fully saturated rings. The van der Waals surface area contributed by atoms with Crippen molar-refractivity contribution in [1.29, 1.82) is 0 Å². The van der Waals surface area contributed by atoms with Gasteiger partial charge in [-0.05, 0) is 43.2 Å². The Labute approximate surface area is 156 Å². The van der Waals surface area contributed by atoms with Crippen LogP contribution in [0.2, 0.25) is 0 Å². The van der Waals surface area contributed by atoms with Crippen LogP contribution in [0.1, 0.15) is 23.2 Å². The van der Waals surface area contributed by atoms with E-state index >= 15 is 0 Å². The van der Waals surface area contributed by atoms with E-state index in [4.69, 9.17) is 0 Å². The molecule has 0 spiro atoms. The highest BCUT2D eigenvalue weighted by Gasteiger charge is 2.32. The van der Waals surface area contributed by atoms with Gasteiger partial charge in [-0.3, -0.25) is 14.3 Å². The monoisotopic (exact) mass is 394 g/mol. The minimum absolute atomic E-state index is 0.100. The highest BCUT2D eigenvalue weighted by Crippen LogP contribution is 2.20. The molecule has 144 valence electrons. The lowest BCUT2D eigenvalue weighted by Gasteiger charge is -2.32. The van der Waals surface area contributed by atoms with Crippen LogP contribution in [0.3, 0.4) is 0 Å². The minimum atomic E-state index is -4.04. The quantitative estimate of drug-likeness (QED) is 0.831. The van der Waals surface area contributed by atoms with Crippen molar-refractivity contribution in [3.05, 3.63) is 47.9 Å². The summed E-state index contributed by atoms with van der Waals surface area (Å²) in [4.78, 5) is 26.5. The molecule has 1 aromatic carbocycles. The normalized spacial score (nSPS) is 17.6. The summed E-state index contributed by atoms with van der Waals surface area (Å²) < 4.78 is 40.9. The Morgan fingerprint density at radius 2 is 1.93 bits per heavy atom. The number of aromatic nitrogens is 2.